The van der Waals surface area contributed by atoms with Crippen LogP contribution in [0.25, 0.3) is 0 Å². The van der Waals surface area contributed by atoms with E-state index in [4.69, 9.17) is 0 Å². The lowest BCUT2D eigenvalue weighted by Crippen LogP contribution is -2.46. The molecule has 0 saturated carbocycles. The molecule has 0 aliphatic rings. The Morgan fingerprint density at radius 2 is 1.62 bits per heavy atom. The maximum Gasteiger partial charge on any atom is 0.0565 e. The fourth-order valence-electron chi connectivity index (χ4n) is 0.289. The third-order valence-electron chi connectivity index (χ3n) is 0.450. The van der Waals surface area contributed by atoms with Crippen LogP contribution in [0, 0.1) is 0 Å². The highest BCUT2D eigenvalue weighted by Crippen LogP contribution is 2.05. The van der Waals surface area contributed by atoms with E-state index >= 15 is 0 Å². The van der Waals surface area contributed by atoms with Crippen molar-refractivity contribution in [1.29, 1.82) is 0 Å². The zero-order valence-electron chi connectivity index (χ0n) is 5.30. The van der Waals surface area contributed by atoms with Gasteiger partial charge in [0.2, 0.25) is 0 Å². The summed E-state index contributed by atoms with van der Waals surface area (Å²) in [4.78, 5) is 0. The predicted octanol–water partition coefficient (Wildman–Crippen LogP) is -1.19. The summed E-state index contributed by atoms with van der Waals surface area (Å²) < 4.78 is 4.33. The van der Waals surface area contributed by atoms with E-state index in [1.165, 1.54) is 0 Å². The Morgan fingerprint density at radius 1 is 1.25 bits per heavy atom. The van der Waals surface area contributed by atoms with Gasteiger partial charge in [0.05, 0.1) is 5.60 Å². The van der Waals surface area contributed by atoms with Gasteiger partial charge in [0.15, 0.2) is 0 Å². The molecule has 0 atom stereocenters. The molecule has 0 bridgehead atoms. The summed E-state index contributed by atoms with van der Waals surface area (Å²) in [6.45, 7) is 2.83. The van der Waals surface area contributed by atoms with Gasteiger partial charge in [-0.15, -0.1) is 6.48 Å². The van der Waals surface area contributed by atoms with Gasteiger partial charge in [0, 0.05) is 0 Å². The molecule has 0 unspecified atom stereocenters. The predicted molar refractivity (Wildman–Crippen MR) is 24.6 cm³/mol. The molecule has 0 amide bonds. The molecule has 0 aliphatic heterocycles. The second-order valence-corrected chi connectivity index (χ2v) is 2.52. The lowest BCUT2D eigenvalue weighted by atomic mass is 10.2. The molecule has 50 valence electrons. The van der Waals surface area contributed by atoms with Gasteiger partial charge in [-0.05, 0) is 20.8 Å². The molecule has 8 heavy (non-hydrogen) atoms. The molecular weight excluding hydrogens is 108 g/mol. The molecule has 3 nitrogen and oxygen atoms in total. The summed E-state index contributed by atoms with van der Waals surface area (Å²) >= 11 is 0. The fourth-order valence-corrected chi connectivity index (χ4v) is 0.289. The van der Waals surface area contributed by atoms with Crippen molar-refractivity contribution in [2.24, 2.45) is 0 Å². The van der Waals surface area contributed by atoms with E-state index < -0.39 is 12.1 Å². The summed E-state index contributed by atoms with van der Waals surface area (Å²) in [5, 5.41) is 19.5. The SMILES string of the molecule is CC(C)(C)OC([O-])[O-]. The van der Waals surface area contributed by atoms with Gasteiger partial charge in [-0.3, -0.25) is 0 Å². The van der Waals surface area contributed by atoms with Gasteiger partial charge in [-0.25, -0.2) is 0 Å². The van der Waals surface area contributed by atoms with E-state index in [0.717, 1.165) is 0 Å². The first-order chi connectivity index (χ1) is 3.42. The second-order valence-electron chi connectivity index (χ2n) is 2.52. The smallest absolute Gasteiger partial charge is 0.0565 e. The van der Waals surface area contributed by atoms with Crippen LogP contribution < -0.4 is 10.2 Å². The van der Waals surface area contributed by atoms with Crippen molar-refractivity contribution < 1.29 is 14.9 Å². The van der Waals surface area contributed by atoms with Crippen molar-refractivity contribution in [2.45, 2.75) is 32.8 Å². The van der Waals surface area contributed by atoms with E-state index in [2.05, 4.69) is 4.74 Å². The van der Waals surface area contributed by atoms with E-state index in [-0.39, 0.29) is 0 Å². The standard InChI is InChI=1S/C5H10O3/c1-5(2,3)8-4(6)7/h4H,1-3H3/q-2. The minimum Gasteiger partial charge on any atom is -0.845 e. The fraction of sp³-hybridized carbons (Fsp3) is 1.00. The largest absolute Gasteiger partial charge is 0.845 e. The lowest BCUT2D eigenvalue weighted by Gasteiger charge is -2.36. The van der Waals surface area contributed by atoms with Crippen molar-refractivity contribution in [3.05, 3.63) is 0 Å². The third-order valence-corrected chi connectivity index (χ3v) is 0.450. The second kappa shape index (κ2) is 2.44. The summed E-state index contributed by atoms with van der Waals surface area (Å²) in [6.07, 6.45) is 0. The molecule has 0 saturated heterocycles. The Bertz CT molecular complexity index is 62.6. The third kappa shape index (κ3) is 5.88. The van der Waals surface area contributed by atoms with E-state index in [1.807, 2.05) is 0 Å². The minimum atomic E-state index is -2.16. The molecule has 0 fully saturated rings. The Labute approximate surface area is 48.9 Å². The molecular formula is C5H10O3-2. The van der Waals surface area contributed by atoms with Crippen molar-refractivity contribution >= 4 is 0 Å². The molecule has 3 heteroatoms. The number of rotatable bonds is 1. The monoisotopic (exact) mass is 118 g/mol. The van der Waals surface area contributed by atoms with Gasteiger partial charge in [-0.1, -0.05) is 0 Å². The van der Waals surface area contributed by atoms with Gasteiger partial charge in [-0.2, -0.15) is 0 Å². The van der Waals surface area contributed by atoms with Crippen LogP contribution in [0.3, 0.4) is 0 Å². The first kappa shape index (κ1) is 7.88. The average molecular weight is 118 g/mol. The summed E-state index contributed by atoms with van der Waals surface area (Å²) in [5.41, 5.74) is -0.603. The Morgan fingerprint density at radius 3 is 1.62 bits per heavy atom. The van der Waals surface area contributed by atoms with Crippen LogP contribution in [0.2, 0.25) is 0 Å². The highest BCUT2D eigenvalue weighted by atomic mass is 16.7. The Balaban J connectivity index is 3.39. The topological polar surface area (TPSA) is 55.3 Å². The molecule has 0 aliphatic carbocycles. The van der Waals surface area contributed by atoms with Crippen LogP contribution in [0.1, 0.15) is 20.8 Å². The van der Waals surface area contributed by atoms with Crippen molar-refractivity contribution in [1.82, 2.24) is 0 Å². The van der Waals surface area contributed by atoms with Crippen LogP contribution in [0.5, 0.6) is 0 Å². The molecule has 0 aromatic rings. The van der Waals surface area contributed by atoms with Crippen LogP contribution in [-0.4, -0.2) is 12.1 Å². The van der Waals surface area contributed by atoms with Crippen LogP contribution in [0.15, 0.2) is 0 Å². The minimum absolute atomic E-state index is 0.603. The number of hydrogen-bond donors (Lipinski definition) is 0. The zero-order valence-corrected chi connectivity index (χ0v) is 5.30. The summed E-state index contributed by atoms with van der Waals surface area (Å²) in [7, 11) is 0. The highest BCUT2D eigenvalue weighted by Gasteiger charge is 2.06. The van der Waals surface area contributed by atoms with Crippen LogP contribution in [-0.2, 0) is 4.74 Å². The lowest BCUT2D eigenvalue weighted by molar-refractivity contribution is -0.725. The molecule has 0 rings (SSSR count). The quantitative estimate of drug-likeness (QED) is 0.406. The highest BCUT2D eigenvalue weighted by molar-refractivity contribution is 4.56. The Hall–Kier alpha value is -0.120. The molecule has 0 radical (unpaired) electrons. The molecule has 0 spiro atoms. The average Bonchev–Trinajstić information content (AvgIpc) is 1.21. The van der Waals surface area contributed by atoms with Gasteiger partial charge >= 0.3 is 0 Å². The maximum atomic E-state index is 9.76. The molecule has 0 aromatic carbocycles. The zero-order chi connectivity index (χ0) is 6.78. The van der Waals surface area contributed by atoms with Gasteiger partial charge in [0.25, 0.3) is 0 Å². The number of hydrogen-bond acceptors (Lipinski definition) is 3. The summed E-state index contributed by atoms with van der Waals surface area (Å²) in [6, 6.07) is 0. The van der Waals surface area contributed by atoms with Gasteiger partial charge < -0.3 is 14.9 Å². The maximum absolute atomic E-state index is 9.76. The first-order valence-electron chi connectivity index (χ1n) is 2.41. The Kier molecular flexibility index (Phi) is 2.40. The van der Waals surface area contributed by atoms with Crippen molar-refractivity contribution in [3.8, 4) is 0 Å². The summed E-state index contributed by atoms with van der Waals surface area (Å²) in [5.74, 6) is 0. The van der Waals surface area contributed by atoms with Gasteiger partial charge in [0.1, 0.15) is 0 Å². The molecule has 0 aromatic heterocycles. The van der Waals surface area contributed by atoms with Crippen LogP contribution in [0.4, 0.5) is 0 Å². The normalized spacial score (nSPS) is 12.8. The van der Waals surface area contributed by atoms with E-state index in [0.29, 0.717) is 0 Å². The van der Waals surface area contributed by atoms with Crippen LogP contribution >= 0.6 is 0 Å². The number of ether oxygens (including phenoxy) is 1. The van der Waals surface area contributed by atoms with E-state index in [9.17, 15) is 10.2 Å². The van der Waals surface area contributed by atoms with E-state index in [1.54, 1.807) is 20.8 Å². The van der Waals surface area contributed by atoms with Crippen molar-refractivity contribution in [2.75, 3.05) is 0 Å². The molecule has 0 N–H and O–H groups in total. The first-order valence-corrected chi connectivity index (χ1v) is 2.41. The molecule has 0 heterocycles. The van der Waals surface area contributed by atoms with Crippen molar-refractivity contribution in [3.63, 3.8) is 0 Å².